The normalized spacial score (nSPS) is 14.3. The Labute approximate surface area is 41.4 Å². The Kier molecular flexibility index (Phi) is 3.30. The second kappa shape index (κ2) is 3.26. The van der Waals surface area contributed by atoms with Gasteiger partial charge in [0.25, 0.3) is 0 Å². The standard InChI is InChI=1S/C5H13B/c1-3-5(2)4-6/h5H,3-4,6H2,1-2H3/t5-/m1/s1. The van der Waals surface area contributed by atoms with Crippen LogP contribution in [0.15, 0.2) is 0 Å². The van der Waals surface area contributed by atoms with Crippen LogP contribution in [0.1, 0.15) is 20.3 Å². The highest BCUT2D eigenvalue weighted by Gasteiger charge is 1.88. The minimum Gasteiger partial charge on any atom is -0.0786 e. The minimum atomic E-state index is 0.935. The van der Waals surface area contributed by atoms with Gasteiger partial charge in [-0.1, -0.05) is 32.5 Å². The molecular formula is C5H13B. The average Bonchev–Trinajstić information content (AvgIpc) is 1.65. The maximum absolute atomic E-state index is 2.28. The Morgan fingerprint density at radius 2 is 2.17 bits per heavy atom. The van der Waals surface area contributed by atoms with Crippen molar-refractivity contribution in [3.05, 3.63) is 0 Å². The monoisotopic (exact) mass is 84.1 g/mol. The molecule has 0 aliphatic rings. The third-order valence-corrected chi connectivity index (χ3v) is 1.39. The van der Waals surface area contributed by atoms with Gasteiger partial charge in [-0.25, -0.2) is 0 Å². The molecule has 0 saturated carbocycles. The second-order valence-corrected chi connectivity index (χ2v) is 1.92. The van der Waals surface area contributed by atoms with Gasteiger partial charge in [0, 0.05) is 0 Å². The molecule has 0 rings (SSSR count). The van der Waals surface area contributed by atoms with Crippen molar-refractivity contribution in [1.29, 1.82) is 0 Å². The Balaban J connectivity index is 2.75. The summed E-state index contributed by atoms with van der Waals surface area (Å²) in [4.78, 5) is 0. The van der Waals surface area contributed by atoms with Gasteiger partial charge in [0.15, 0.2) is 0 Å². The van der Waals surface area contributed by atoms with Gasteiger partial charge in [0.2, 0.25) is 0 Å². The largest absolute Gasteiger partial charge is 0.101 e. The lowest BCUT2D eigenvalue weighted by molar-refractivity contribution is 0.625. The molecule has 0 aliphatic heterocycles. The summed E-state index contributed by atoms with van der Waals surface area (Å²) in [5, 5.41) is 0. The SMILES string of the molecule is BC[C@H](C)CC. The smallest absolute Gasteiger partial charge is 0.0786 e. The molecule has 0 aliphatic carbocycles. The van der Waals surface area contributed by atoms with E-state index in [2.05, 4.69) is 21.7 Å². The van der Waals surface area contributed by atoms with Crippen molar-refractivity contribution >= 4 is 7.85 Å². The van der Waals surface area contributed by atoms with Crippen molar-refractivity contribution in [1.82, 2.24) is 0 Å². The highest BCUT2D eigenvalue weighted by molar-refractivity contribution is 6.08. The summed E-state index contributed by atoms with van der Waals surface area (Å²) < 4.78 is 0. The first-order valence-electron chi connectivity index (χ1n) is 2.81. The maximum Gasteiger partial charge on any atom is 0.101 e. The summed E-state index contributed by atoms with van der Waals surface area (Å²) in [5.74, 6) is 0.935. The first kappa shape index (κ1) is 6.06. The molecule has 1 atom stereocenters. The predicted molar refractivity (Wildman–Crippen MR) is 32.8 cm³/mol. The first-order valence-corrected chi connectivity index (χ1v) is 2.81. The van der Waals surface area contributed by atoms with Gasteiger partial charge in [-0.05, 0) is 0 Å². The van der Waals surface area contributed by atoms with Gasteiger partial charge in [-0.2, -0.15) is 0 Å². The molecule has 0 radical (unpaired) electrons. The molecule has 0 saturated heterocycles. The van der Waals surface area contributed by atoms with E-state index in [1.165, 1.54) is 12.7 Å². The Morgan fingerprint density at radius 1 is 1.67 bits per heavy atom. The van der Waals surface area contributed by atoms with E-state index in [-0.39, 0.29) is 0 Å². The molecule has 0 unspecified atom stereocenters. The zero-order valence-corrected chi connectivity index (χ0v) is 4.99. The predicted octanol–water partition coefficient (Wildman–Crippen LogP) is 1.08. The third kappa shape index (κ3) is 2.31. The highest BCUT2D eigenvalue weighted by Crippen LogP contribution is 2.01. The zero-order chi connectivity index (χ0) is 4.99. The molecule has 1 heteroatoms. The van der Waals surface area contributed by atoms with Crippen LogP contribution in [0.5, 0.6) is 0 Å². The molecule has 0 nitrogen and oxygen atoms in total. The third-order valence-electron chi connectivity index (χ3n) is 1.39. The van der Waals surface area contributed by atoms with E-state index >= 15 is 0 Å². The van der Waals surface area contributed by atoms with Crippen molar-refractivity contribution in [2.24, 2.45) is 5.92 Å². The van der Waals surface area contributed by atoms with Gasteiger partial charge in [0.05, 0.1) is 0 Å². The number of hydrogen-bond donors (Lipinski definition) is 0. The fourth-order valence-corrected chi connectivity index (χ4v) is 0.289. The van der Waals surface area contributed by atoms with Crippen LogP contribution >= 0.6 is 0 Å². The fourth-order valence-electron chi connectivity index (χ4n) is 0.289. The summed E-state index contributed by atoms with van der Waals surface area (Å²) in [6, 6.07) is 0. The lowest BCUT2D eigenvalue weighted by Gasteiger charge is -1.98. The molecule has 0 aromatic rings. The average molecular weight is 84.0 g/mol. The van der Waals surface area contributed by atoms with Crippen LogP contribution in [0.4, 0.5) is 0 Å². The van der Waals surface area contributed by atoms with E-state index < -0.39 is 0 Å². The lowest BCUT2D eigenvalue weighted by atomic mass is 9.91. The summed E-state index contributed by atoms with van der Waals surface area (Å²) in [5.41, 5.74) is 0. The molecule has 0 amide bonds. The van der Waals surface area contributed by atoms with E-state index in [1.807, 2.05) is 0 Å². The van der Waals surface area contributed by atoms with Crippen molar-refractivity contribution in [2.75, 3.05) is 0 Å². The van der Waals surface area contributed by atoms with Crippen molar-refractivity contribution < 1.29 is 0 Å². The van der Waals surface area contributed by atoms with Crippen molar-refractivity contribution in [3.8, 4) is 0 Å². The van der Waals surface area contributed by atoms with Crippen LogP contribution in [0.25, 0.3) is 0 Å². The van der Waals surface area contributed by atoms with Crippen LogP contribution in [-0.4, -0.2) is 7.85 Å². The minimum absolute atomic E-state index is 0.935. The van der Waals surface area contributed by atoms with Gasteiger partial charge in [-0.3, -0.25) is 0 Å². The van der Waals surface area contributed by atoms with E-state index in [0.29, 0.717) is 0 Å². The zero-order valence-electron chi connectivity index (χ0n) is 4.99. The topological polar surface area (TPSA) is 0 Å². The van der Waals surface area contributed by atoms with Gasteiger partial charge in [-0.15, -0.1) is 0 Å². The Bertz CT molecular complexity index is 23.1. The first-order chi connectivity index (χ1) is 2.81. The summed E-state index contributed by atoms with van der Waals surface area (Å²) in [6.45, 7) is 4.51. The van der Waals surface area contributed by atoms with E-state index in [0.717, 1.165) is 5.92 Å². The number of hydrogen-bond acceptors (Lipinski definition) is 0. The molecule has 6 heavy (non-hydrogen) atoms. The number of rotatable bonds is 2. The fraction of sp³-hybridized carbons (Fsp3) is 1.00. The maximum atomic E-state index is 2.28. The summed E-state index contributed by atoms with van der Waals surface area (Å²) >= 11 is 0. The molecule has 0 spiro atoms. The van der Waals surface area contributed by atoms with E-state index in [1.54, 1.807) is 0 Å². The van der Waals surface area contributed by atoms with E-state index in [4.69, 9.17) is 0 Å². The highest BCUT2D eigenvalue weighted by atomic mass is 13.9. The van der Waals surface area contributed by atoms with Gasteiger partial charge in [0.1, 0.15) is 7.85 Å². The molecule has 0 aromatic carbocycles. The van der Waals surface area contributed by atoms with E-state index in [9.17, 15) is 0 Å². The van der Waals surface area contributed by atoms with Crippen LogP contribution in [-0.2, 0) is 0 Å². The van der Waals surface area contributed by atoms with Crippen LogP contribution in [0.2, 0.25) is 6.32 Å². The molecule has 36 valence electrons. The molecule has 0 heterocycles. The van der Waals surface area contributed by atoms with Gasteiger partial charge >= 0.3 is 0 Å². The van der Waals surface area contributed by atoms with Crippen LogP contribution < -0.4 is 0 Å². The van der Waals surface area contributed by atoms with Crippen LogP contribution in [0, 0.1) is 5.92 Å². The molecule has 0 fully saturated rings. The summed E-state index contributed by atoms with van der Waals surface area (Å²) in [7, 11) is 2.23. The van der Waals surface area contributed by atoms with Crippen molar-refractivity contribution in [3.63, 3.8) is 0 Å². The van der Waals surface area contributed by atoms with Crippen LogP contribution in [0.3, 0.4) is 0 Å². The second-order valence-electron chi connectivity index (χ2n) is 1.92. The Hall–Kier alpha value is 0.0649. The molecule has 0 N–H and O–H groups in total. The van der Waals surface area contributed by atoms with Crippen molar-refractivity contribution in [2.45, 2.75) is 26.6 Å². The van der Waals surface area contributed by atoms with Gasteiger partial charge < -0.3 is 0 Å². The molecule has 0 bridgehead atoms. The Morgan fingerprint density at radius 3 is 2.17 bits per heavy atom. The lowest BCUT2D eigenvalue weighted by Crippen LogP contribution is -1.87. The summed E-state index contributed by atoms with van der Waals surface area (Å²) in [6.07, 6.45) is 2.66. The quantitative estimate of drug-likeness (QED) is 0.439. The molecule has 0 aromatic heterocycles. The molecular weight excluding hydrogens is 70.9 g/mol.